The van der Waals surface area contributed by atoms with Crippen LogP contribution < -0.4 is 21.6 Å². The van der Waals surface area contributed by atoms with Crippen molar-refractivity contribution in [3.63, 3.8) is 0 Å². The van der Waals surface area contributed by atoms with E-state index in [1.807, 2.05) is 31.3 Å². The van der Waals surface area contributed by atoms with Crippen molar-refractivity contribution in [1.82, 2.24) is 30.7 Å². The van der Waals surface area contributed by atoms with Crippen LogP contribution in [0.4, 0.5) is 20.2 Å². The third-order valence-corrected chi connectivity index (χ3v) is 8.01. The number of anilines is 2. The van der Waals surface area contributed by atoms with Gasteiger partial charge in [-0.25, -0.2) is 8.78 Å². The number of aromatic nitrogens is 3. The van der Waals surface area contributed by atoms with Crippen molar-refractivity contribution >= 4 is 33.2 Å². The summed E-state index contributed by atoms with van der Waals surface area (Å²) in [6.45, 7) is 7.01. The topological polar surface area (TPSA) is 106 Å². The van der Waals surface area contributed by atoms with Crippen LogP contribution in [0, 0.1) is 29.1 Å². The van der Waals surface area contributed by atoms with Crippen LogP contribution in [0.1, 0.15) is 56.3 Å². The number of nitrogens with zero attached hydrogens (tertiary/aromatic N) is 5. The normalized spacial score (nSPS) is 16.5. The number of rotatable bonds is 8. The average Bonchev–Trinajstić information content (AvgIpc) is 3.50. The van der Waals surface area contributed by atoms with Crippen molar-refractivity contribution in [3.8, 4) is 18.4 Å². The number of nitrogens with one attached hydrogen (secondary N) is 4. The van der Waals surface area contributed by atoms with Crippen molar-refractivity contribution in [2.75, 3.05) is 17.2 Å². The van der Waals surface area contributed by atoms with Gasteiger partial charge in [-0.3, -0.25) is 14.7 Å². The maximum atomic E-state index is 14.0. The molecule has 1 aliphatic carbocycles. The minimum Gasteiger partial charge on any atom is -0.383 e. The maximum absolute atomic E-state index is 14.0. The van der Waals surface area contributed by atoms with E-state index in [9.17, 15) is 14.0 Å². The summed E-state index contributed by atoms with van der Waals surface area (Å²) < 4.78 is 29.8. The molecular formula is C32H33F2N9. The summed E-state index contributed by atoms with van der Waals surface area (Å²) in [6, 6.07) is 11.3. The molecule has 1 fully saturated rings. The molecule has 1 atom stereocenters. The smallest absolute Gasteiger partial charge is 0.262 e. The van der Waals surface area contributed by atoms with Crippen molar-refractivity contribution in [1.29, 1.82) is 5.26 Å². The lowest BCUT2D eigenvalue weighted by Crippen LogP contribution is -2.48. The molecule has 3 heterocycles. The molecule has 4 N–H and O–H groups in total. The Hall–Kier alpha value is -4.87. The second-order valence-electron chi connectivity index (χ2n) is 12.4. The molecule has 2 aliphatic rings. The van der Waals surface area contributed by atoms with Gasteiger partial charge in [-0.15, -0.1) is 12.0 Å². The summed E-state index contributed by atoms with van der Waals surface area (Å²) in [5, 5.41) is 24.8. The van der Waals surface area contributed by atoms with E-state index >= 15 is 0 Å². The van der Waals surface area contributed by atoms with Crippen molar-refractivity contribution in [3.05, 3.63) is 71.3 Å². The SMILES string of the molecule is C#Cc1cnc2c(C#N)cc(N[C@H](C3=CN(C4(C(F)F)CC4)NN3)c3cccc4cnn(C)c34)cc2c1NCC(C)(C)C. The zero-order chi connectivity index (χ0) is 30.5. The van der Waals surface area contributed by atoms with E-state index in [1.165, 1.54) is 5.01 Å². The van der Waals surface area contributed by atoms with Crippen LogP contribution in [0.15, 0.2) is 54.6 Å². The first-order chi connectivity index (χ1) is 20.5. The van der Waals surface area contributed by atoms with Gasteiger partial charge in [0.25, 0.3) is 6.43 Å². The van der Waals surface area contributed by atoms with E-state index in [1.54, 1.807) is 29.3 Å². The van der Waals surface area contributed by atoms with E-state index in [2.05, 4.69) is 64.4 Å². The number of nitriles is 1. The highest BCUT2D eigenvalue weighted by Crippen LogP contribution is 2.47. The Balaban J connectivity index is 1.49. The first kappa shape index (κ1) is 28.3. The van der Waals surface area contributed by atoms with Crippen molar-refractivity contribution in [2.24, 2.45) is 12.5 Å². The first-order valence-corrected chi connectivity index (χ1v) is 14.1. The van der Waals surface area contributed by atoms with E-state index in [-0.39, 0.29) is 5.41 Å². The molecule has 9 nitrogen and oxygen atoms in total. The Kier molecular flexibility index (Phi) is 6.86. The number of fused-ring (bicyclic) bond motifs is 2. The Labute approximate surface area is 248 Å². The van der Waals surface area contributed by atoms with Gasteiger partial charge in [0.05, 0.1) is 45.8 Å². The number of terminal acetylenes is 1. The molecule has 6 rings (SSSR count). The standard InChI is InChI=1S/C32H33F2N9/c1-6-19-15-36-27-21(14-35)12-22(13-24(27)26(19)37-18-31(2,3)4)39-28(23-9-7-8-20-16-38-42(5)29(20)23)25-17-43(41-40-25)32(10-11-32)30(33)34/h1,7-9,12-13,15-17,28,30,39-41H,10-11,18H2,2-5H3,(H,36,37)/t28-/m0/s1. The van der Waals surface area contributed by atoms with Crippen LogP contribution in [0.3, 0.4) is 0 Å². The van der Waals surface area contributed by atoms with E-state index in [0.29, 0.717) is 52.8 Å². The number of pyridine rings is 1. The minimum absolute atomic E-state index is 0.0289. The molecule has 0 amide bonds. The summed E-state index contributed by atoms with van der Waals surface area (Å²) >= 11 is 0. The van der Waals surface area contributed by atoms with Crippen molar-refractivity contribution < 1.29 is 8.78 Å². The number of alkyl halides is 2. The number of halogens is 2. The molecule has 0 bridgehead atoms. The number of para-hydroxylation sites is 1. The molecule has 0 saturated heterocycles. The van der Waals surface area contributed by atoms with Crippen LogP contribution in [0.2, 0.25) is 0 Å². The third kappa shape index (κ3) is 5.06. The zero-order valence-electron chi connectivity index (χ0n) is 24.5. The fourth-order valence-electron chi connectivity index (χ4n) is 5.52. The van der Waals surface area contributed by atoms with E-state index in [4.69, 9.17) is 6.42 Å². The fourth-order valence-corrected chi connectivity index (χ4v) is 5.52. The number of benzene rings is 2. The first-order valence-electron chi connectivity index (χ1n) is 14.1. The highest BCUT2D eigenvalue weighted by atomic mass is 19.3. The monoisotopic (exact) mass is 581 g/mol. The number of aryl methyl sites for hydroxylation is 1. The molecule has 11 heteroatoms. The van der Waals surface area contributed by atoms with Crippen molar-refractivity contribution in [2.45, 2.75) is 51.6 Å². The van der Waals surface area contributed by atoms with Gasteiger partial charge in [0.2, 0.25) is 0 Å². The summed E-state index contributed by atoms with van der Waals surface area (Å²) in [5.74, 6) is 2.72. The van der Waals surface area contributed by atoms with Gasteiger partial charge in [-0.05, 0) is 30.4 Å². The molecule has 2 aromatic carbocycles. The zero-order valence-corrected chi connectivity index (χ0v) is 24.5. The van der Waals surface area contributed by atoms with Crippen LogP contribution in [-0.4, -0.2) is 38.3 Å². The Morgan fingerprint density at radius 1 is 1.19 bits per heavy atom. The molecule has 0 unspecified atom stereocenters. The quantitative estimate of drug-likeness (QED) is 0.201. The van der Waals surface area contributed by atoms with E-state index in [0.717, 1.165) is 22.2 Å². The molecule has 1 saturated carbocycles. The van der Waals surface area contributed by atoms with Gasteiger partial charge < -0.3 is 16.1 Å². The maximum Gasteiger partial charge on any atom is 0.262 e. The molecule has 4 aromatic rings. The number of hydrogen-bond acceptors (Lipinski definition) is 8. The molecule has 2 aromatic heterocycles. The van der Waals surface area contributed by atoms with Crippen LogP contribution in [0.25, 0.3) is 21.8 Å². The molecule has 220 valence electrons. The molecule has 0 spiro atoms. The molecule has 43 heavy (non-hydrogen) atoms. The fraction of sp³-hybridized carbons (Fsp3) is 0.344. The Morgan fingerprint density at radius 3 is 2.65 bits per heavy atom. The minimum atomic E-state index is -2.50. The average molecular weight is 582 g/mol. The predicted molar refractivity (Wildman–Crippen MR) is 164 cm³/mol. The van der Waals surface area contributed by atoms with Gasteiger partial charge in [-0.1, -0.05) is 44.9 Å². The molecular weight excluding hydrogens is 548 g/mol. The highest BCUT2D eigenvalue weighted by Gasteiger charge is 2.56. The van der Waals surface area contributed by atoms with Gasteiger partial charge >= 0.3 is 0 Å². The lowest BCUT2D eigenvalue weighted by atomic mass is 9.96. The lowest BCUT2D eigenvalue weighted by molar-refractivity contribution is 0.00911. The predicted octanol–water partition coefficient (Wildman–Crippen LogP) is 5.55. The number of hydrogen-bond donors (Lipinski definition) is 4. The van der Waals surface area contributed by atoms with Gasteiger partial charge in [0, 0.05) is 48.0 Å². The summed E-state index contributed by atoms with van der Waals surface area (Å²) in [5.41, 5.74) is 10.1. The highest BCUT2D eigenvalue weighted by molar-refractivity contribution is 5.99. The summed E-state index contributed by atoms with van der Waals surface area (Å²) in [7, 11) is 1.86. The van der Waals surface area contributed by atoms with Gasteiger partial charge in [0.15, 0.2) is 0 Å². The summed E-state index contributed by atoms with van der Waals surface area (Å²) in [4.78, 5) is 4.53. The molecule has 1 aliphatic heterocycles. The van der Waals surface area contributed by atoms with E-state index < -0.39 is 18.0 Å². The lowest BCUT2D eigenvalue weighted by Gasteiger charge is -2.25. The number of hydrazine groups is 2. The third-order valence-electron chi connectivity index (χ3n) is 8.01. The largest absolute Gasteiger partial charge is 0.383 e. The molecule has 0 radical (unpaired) electrons. The van der Waals surface area contributed by atoms with Crippen LogP contribution in [0.5, 0.6) is 0 Å². The van der Waals surface area contributed by atoms with Gasteiger partial charge in [0.1, 0.15) is 11.6 Å². The van der Waals surface area contributed by atoms with Gasteiger partial charge in [-0.2, -0.15) is 10.4 Å². The summed E-state index contributed by atoms with van der Waals surface area (Å²) in [6.07, 6.45) is 9.24. The van der Waals surface area contributed by atoms with Crippen LogP contribution >= 0.6 is 0 Å². The Bertz CT molecular complexity index is 1830. The second kappa shape index (κ2) is 10.4. The van der Waals surface area contributed by atoms with Crippen LogP contribution in [-0.2, 0) is 7.05 Å². The second-order valence-corrected chi connectivity index (χ2v) is 12.4. The Morgan fingerprint density at radius 2 is 1.98 bits per heavy atom.